The molecule has 0 aromatic heterocycles. The Labute approximate surface area is 305 Å². The molecule has 2 N–H and O–H groups in total. The first-order chi connectivity index (χ1) is 23.7. The second-order valence-electron chi connectivity index (χ2n) is 14.4. The summed E-state index contributed by atoms with van der Waals surface area (Å²) >= 11 is 19.2. The lowest BCUT2D eigenvalue weighted by Crippen LogP contribution is -2.72. The second kappa shape index (κ2) is 17.3. The lowest BCUT2D eigenvalue weighted by molar-refractivity contribution is -0.205. The Morgan fingerprint density at radius 3 is 1.94 bits per heavy atom. The van der Waals surface area contributed by atoms with Crippen molar-refractivity contribution in [1.82, 2.24) is 15.5 Å². The first-order valence-corrected chi connectivity index (χ1v) is 19.5. The van der Waals surface area contributed by atoms with Crippen LogP contribution < -0.4 is 10.6 Å². The van der Waals surface area contributed by atoms with Crippen LogP contribution in [0.15, 0.2) is 30.3 Å². The van der Waals surface area contributed by atoms with E-state index in [-0.39, 0.29) is 30.8 Å². The van der Waals surface area contributed by atoms with Crippen molar-refractivity contribution >= 4 is 46.9 Å². The van der Waals surface area contributed by atoms with Gasteiger partial charge in [-0.1, -0.05) is 123 Å². The van der Waals surface area contributed by atoms with Gasteiger partial charge in [-0.3, -0.25) is 0 Å². The minimum atomic E-state index is -1.92. The van der Waals surface area contributed by atoms with E-state index in [1.807, 2.05) is 35.2 Å². The number of benzene rings is 1. The van der Waals surface area contributed by atoms with Gasteiger partial charge in [-0.2, -0.15) is 0 Å². The predicted molar refractivity (Wildman–Crippen MR) is 188 cm³/mol. The summed E-state index contributed by atoms with van der Waals surface area (Å²) in [6.07, 6.45) is 8.84. The molecule has 0 unspecified atom stereocenters. The maximum Gasteiger partial charge on any atom is 0.407 e. The number of carbonyl (C=O) groups excluding carboxylic acids is 2. The molecule has 3 amide bonds. The van der Waals surface area contributed by atoms with E-state index in [9.17, 15) is 9.59 Å². The number of amides is 3. The molecule has 0 bridgehead atoms. The third-order valence-corrected chi connectivity index (χ3v) is 11.5. The highest BCUT2D eigenvalue weighted by Crippen LogP contribution is 2.46. The molecule has 6 rings (SSSR count). The summed E-state index contributed by atoms with van der Waals surface area (Å²) in [5.41, 5.74) is 0.934. The van der Waals surface area contributed by atoms with Crippen LogP contribution in [0.5, 0.6) is 0 Å². The third kappa shape index (κ3) is 9.29. The summed E-state index contributed by atoms with van der Waals surface area (Å²) in [6.45, 7) is 0.214. The van der Waals surface area contributed by atoms with E-state index in [0.29, 0.717) is 0 Å². The van der Waals surface area contributed by atoms with E-state index in [2.05, 4.69) is 10.6 Å². The molecule has 0 radical (unpaired) electrons. The molecule has 10 nitrogen and oxygen atoms in total. The van der Waals surface area contributed by atoms with Crippen LogP contribution in [-0.2, 0) is 30.3 Å². The smallest absolute Gasteiger partial charge is 0.407 e. The van der Waals surface area contributed by atoms with Crippen molar-refractivity contribution in [2.75, 3.05) is 7.11 Å². The normalized spacial score (nSPS) is 31.9. The van der Waals surface area contributed by atoms with Gasteiger partial charge in [0.1, 0.15) is 30.5 Å². The highest BCUT2D eigenvalue weighted by molar-refractivity contribution is 6.67. The molecule has 1 aliphatic heterocycles. The van der Waals surface area contributed by atoms with E-state index < -0.39 is 52.7 Å². The molecule has 1 aromatic carbocycles. The maximum absolute atomic E-state index is 14.7. The van der Waals surface area contributed by atoms with Gasteiger partial charge >= 0.3 is 12.1 Å². The zero-order valence-corrected chi connectivity index (χ0v) is 30.7. The first kappa shape index (κ1) is 37.2. The quantitative estimate of drug-likeness (QED) is 0.252. The lowest BCUT2D eigenvalue weighted by Gasteiger charge is -2.52. The Kier molecular flexibility index (Phi) is 13.2. The van der Waals surface area contributed by atoms with Gasteiger partial charge in [0.05, 0.1) is 6.61 Å². The number of methoxy groups -OCH3 is 1. The van der Waals surface area contributed by atoms with Crippen LogP contribution in [0.1, 0.15) is 102 Å². The molecule has 0 spiro atoms. The highest BCUT2D eigenvalue weighted by atomic mass is 35.6. The topological polar surface area (TPSA) is 108 Å². The molecule has 1 aromatic rings. The predicted octanol–water partition coefficient (Wildman–Crippen LogP) is 7.55. The SMILES string of the molecule is CO[C@@H]1[C@H](OCc2ccccc2)[C@@H](OC(=O)NC2CCCCC2)[C@H](N(C(=O)NC2CCCCC2)C2CCCCC2)[C@H]2O[C@H](C(Cl)(Cl)Cl)O[C@@H]12. The van der Waals surface area contributed by atoms with Crippen LogP contribution in [0, 0.1) is 0 Å². The Hall–Kier alpha value is -1.53. The Bertz CT molecular complexity index is 1210. The molecule has 4 aliphatic carbocycles. The molecule has 7 atom stereocenters. The minimum Gasteiger partial charge on any atom is -0.441 e. The molecule has 5 fully saturated rings. The number of carbonyl (C=O) groups is 2. The summed E-state index contributed by atoms with van der Waals surface area (Å²) in [7, 11) is 1.56. The number of hydrogen-bond acceptors (Lipinski definition) is 7. The molecular formula is C36H52Cl3N3O7. The monoisotopic (exact) mass is 743 g/mol. The Balaban J connectivity index is 1.40. The summed E-state index contributed by atoms with van der Waals surface area (Å²) in [5.74, 6) is 0. The van der Waals surface area contributed by atoms with E-state index in [1.54, 1.807) is 7.11 Å². The average molecular weight is 745 g/mol. The van der Waals surface area contributed by atoms with E-state index in [4.69, 9.17) is 58.5 Å². The zero-order chi connectivity index (χ0) is 34.4. The average Bonchev–Trinajstić information content (AvgIpc) is 3.56. The fourth-order valence-electron chi connectivity index (χ4n) is 8.57. The largest absolute Gasteiger partial charge is 0.441 e. The maximum atomic E-state index is 14.7. The van der Waals surface area contributed by atoms with Gasteiger partial charge in [0, 0.05) is 25.2 Å². The van der Waals surface area contributed by atoms with Crippen LogP contribution in [0.4, 0.5) is 9.59 Å². The molecule has 274 valence electrons. The van der Waals surface area contributed by atoms with Crippen LogP contribution in [0.2, 0.25) is 0 Å². The second-order valence-corrected chi connectivity index (χ2v) is 16.7. The van der Waals surface area contributed by atoms with Gasteiger partial charge in [0.2, 0.25) is 10.1 Å². The molecule has 1 heterocycles. The minimum absolute atomic E-state index is 0.0156. The Morgan fingerprint density at radius 2 is 1.35 bits per heavy atom. The van der Waals surface area contributed by atoms with Gasteiger partial charge in [-0.05, 0) is 44.1 Å². The molecular weight excluding hydrogens is 693 g/mol. The van der Waals surface area contributed by atoms with Crippen molar-refractivity contribution in [3.8, 4) is 0 Å². The highest BCUT2D eigenvalue weighted by Gasteiger charge is 2.64. The van der Waals surface area contributed by atoms with Crippen molar-refractivity contribution in [3.05, 3.63) is 35.9 Å². The Morgan fingerprint density at radius 1 is 0.776 bits per heavy atom. The number of urea groups is 1. The number of alkyl halides is 3. The van der Waals surface area contributed by atoms with Crippen LogP contribution in [0.25, 0.3) is 0 Å². The van der Waals surface area contributed by atoms with Crippen molar-refractivity contribution in [3.63, 3.8) is 0 Å². The van der Waals surface area contributed by atoms with Gasteiger partial charge in [0.15, 0.2) is 6.10 Å². The molecule has 13 heteroatoms. The summed E-state index contributed by atoms with van der Waals surface area (Å²) in [5, 5.41) is 6.46. The summed E-state index contributed by atoms with van der Waals surface area (Å²) < 4.78 is 30.1. The fraction of sp³-hybridized carbons (Fsp3) is 0.778. The van der Waals surface area contributed by atoms with Gasteiger partial charge in [-0.25, -0.2) is 9.59 Å². The number of alkyl carbamates (subject to hydrolysis) is 1. The number of nitrogens with zero attached hydrogens (tertiary/aromatic N) is 1. The molecule has 49 heavy (non-hydrogen) atoms. The van der Waals surface area contributed by atoms with Crippen molar-refractivity contribution < 1.29 is 33.3 Å². The molecule has 5 aliphatic rings. The van der Waals surface area contributed by atoms with Gasteiger partial charge in [-0.15, -0.1) is 0 Å². The van der Waals surface area contributed by atoms with Gasteiger partial charge in [0.25, 0.3) is 0 Å². The van der Waals surface area contributed by atoms with E-state index in [0.717, 1.165) is 95.5 Å². The summed E-state index contributed by atoms with van der Waals surface area (Å²) in [4.78, 5) is 30.4. The fourth-order valence-corrected chi connectivity index (χ4v) is 8.88. The van der Waals surface area contributed by atoms with Crippen LogP contribution >= 0.6 is 34.8 Å². The van der Waals surface area contributed by atoms with Crippen molar-refractivity contribution in [2.45, 2.75) is 168 Å². The number of fused-ring (bicyclic) bond motifs is 1. The van der Waals surface area contributed by atoms with E-state index >= 15 is 0 Å². The number of halogens is 3. The standard InChI is InChI=1S/C36H52Cl3N3O7/c1-45-30-31(46-22-23-14-6-2-7-15-23)28(49-35(44)41-25-18-10-4-11-19-25)27(29-32(30)48-33(47-29)36(37,38)39)42(26-20-12-5-13-21-26)34(43)40-24-16-8-3-9-17-24/h2,6-7,14-15,24-33H,3-5,8-13,16-22H2,1H3,(H,40,43)(H,41,44)/t27-,28-,29+,30+,31+,32+,33-/m0/s1. The summed E-state index contributed by atoms with van der Waals surface area (Å²) in [6, 6.07) is 8.69. The van der Waals surface area contributed by atoms with Crippen molar-refractivity contribution in [2.24, 2.45) is 0 Å². The zero-order valence-electron chi connectivity index (χ0n) is 28.4. The molecule has 1 saturated heterocycles. The number of rotatable bonds is 9. The van der Waals surface area contributed by atoms with Crippen LogP contribution in [-0.4, -0.2) is 88.9 Å². The number of ether oxygens (including phenoxy) is 5. The number of nitrogens with one attached hydrogen (secondary N) is 2. The van der Waals surface area contributed by atoms with E-state index in [1.165, 1.54) is 6.42 Å². The van der Waals surface area contributed by atoms with Gasteiger partial charge < -0.3 is 39.2 Å². The third-order valence-electron chi connectivity index (χ3n) is 11.0. The number of hydrogen-bond donors (Lipinski definition) is 2. The van der Waals surface area contributed by atoms with Crippen LogP contribution in [0.3, 0.4) is 0 Å². The molecule has 4 saturated carbocycles. The lowest BCUT2D eigenvalue weighted by atomic mass is 9.80. The first-order valence-electron chi connectivity index (χ1n) is 18.3. The van der Waals surface area contributed by atoms with Crippen molar-refractivity contribution in [1.29, 1.82) is 0 Å².